The number of anilines is 1. The third-order valence-electron chi connectivity index (χ3n) is 4.38. The molecule has 4 heteroatoms. The Labute approximate surface area is 150 Å². The van der Waals surface area contributed by atoms with Gasteiger partial charge in [0.05, 0.1) is 12.7 Å². The van der Waals surface area contributed by atoms with Crippen molar-refractivity contribution in [3.05, 3.63) is 83.2 Å². The molecule has 0 aliphatic carbocycles. The molecule has 4 nitrogen and oxygen atoms in total. The minimum Gasteiger partial charge on any atom is -0.497 e. The second kappa shape index (κ2) is 6.41. The van der Waals surface area contributed by atoms with E-state index in [9.17, 15) is 4.79 Å². The van der Waals surface area contributed by atoms with E-state index in [1.54, 1.807) is 13.2 Å². The van der Waals surface area contributed by atoms with Crippen LogP contribution >= 0.6 is 0 Å². The molecule has 0 radical (unpaired) electrons. The quantitative estimate of drug-likeness (QED) is 0.432. The zero-order valence-corrected chi connectivity index (χ0v) is 14.2. The Morgan fingerprint density at radius 3 is 2.23 bits per heavy atom. The molecule has 0 unspecified atom stereocenters. The molecule has 128 valence electrons. The van der Waals surface area contributed by atoms with E-state index in [-0.39, 0.29) is 5.63 Å². The summed E-state index contributed by atoms with van der Waals surface area (Å²) in [6, 6.07) is 22.5. The molecule has 26 heavy (non-hydrogen) atoms. The molecule has 3 aromatic carbocycles. The minimum atomic E-state index is -0.385. The van der Waals surface area contributed by atoms with E-state index >= 15 is 0 Å². The van der Waals surface area contributed by atoms with Crippen molar-refractivity contribution in [2.45, 2.75) is 0 Å². The Morgan fingerprint density at radius 1 is 0.846 bits per heavy atom. The first-order valence-electron chi connectivity index (χ1n) is 8.23. The molecule has 1 heterocycles. The van der Waals surface area contributed by atoms with Crippen molar-refractivity contribution in [2.24, 2.45) is 0 Å². The first kappa shape index (κ1) is 16.0. The number of rotatable bonds is 3. The number of hydrogen-bond donors (Lipinski definition) is 1. The molecule has 1 aromatic heterocycles. The summed E-state index contributed by atoms with van der Waals surface area (Å²) in [5.41, 5.74) is 9.68. The van der Waals surface area contributed by atoms with Gasteiger partial charge in [0, 0.05) is 22.7 Å². The van der Waals surface area contributed by atoms with Gasteiger partial charge in [-0.15, -0.1) is 0 Å². The lowest BCUT2D eigenvalue weighted by molar-refractivity contribution is 0.414. The van der Waals surface area contributed by atoms with E-state index in [1.165, 1.54) is 0 Å². The fraction of sp³-hybridized carbons (Fsp3) is 0.0455. The van der Waals surface area contributed by atoms with Crippen molar-refractivity contribution in [1.82, 2.24) is 0 Å². The van der Waals surface area contributed by atoms with Crippen LogP contribution < -0.4 is 16.1 Å². The number of methoxy groups -OCH3 is 1. The highest BCUT2D eigenvalue weighted by Gasteiger charge is 2.18. The topological polar surface area (TPSA) is 65.5 Å². The van der Waals surface area contributed by atoms with Gasteiger partial charge in [-0.2, -0.15) is 0 Å². The van der Waals surface area contributed by atoms with Crippen LogP contribution in [0.1, 0.15) is 0 Å². The largest absolute Gasteiger partial charge is 0.497 e. The summed E-state index contributed by atoms with van der Waals surface area (Å²) in [7, 11) is 1.58. The maximum Gasteiger partial charge on any atom is 0.344 e. The highest BCUT2D eigenvalue weighted by atomic mass is 16.5. The molecule has 4 aromatic rings. The third-order valence-corrected chi connectivity index (χ3v) is 4.38. The van der Waals surface area contributed by atoms with E-state index in [0.29, 0.717) is 22.6 Å². The second-order valence-electron chi connectivity index (χ2n) is 5.99. The van der Waals surface area contributed by atoms with Gasteiger partial charge >= 0.3 is 5.63 Å². The monoisotopic (exact) mass is 343 g/mol. The highest BCUT2D eigenvalue weighted by Crippen LogP contribution is 2.37. The van der Waals surface area contributed by atoms with E-state index < -0.39 is 0 Å². The van der Waals surface area contributed by atoms with Crippen molar-refractivity contribution < 1.29 is 9.15 Å². The SMILES string of the molecule is COc1ccc2c(-c3ccc(N)cc3)c(-c3ccccc3)c(=O)oc2c1. The predicted octanol–water partition coefficient (Wildman–Crippen LogP) is 4.72. The van der Waals surface area contributed by atoms with Crippen LogP contribution in [0.2, 0.25) is 0 Å². The lowest BCUT2D eigenvalue weighted by atomic mass is 9.93. The van der Waals surface area contributed by atoms with E-state index in [0.717, 1.165) is 22.1 Å². The maximum absolute atomic E-state index is 12.9. The van der Waals surface area contributed by atoms with Gasteiger partial charge in [0.1, 0.15) is 11.3 Å². The van der Waals surface area contributed by atoms with Gasteiger partial charge in [-0.3, -0.25) is 0 Å². The summed E-state index contributed by atoms with van der Waals surface area (Å²) >= 11 is 0. The van der Waals surface area contributed by atoms with Crippen LogP contribution in [0.3, 0.4) is 0 Å². The van der Waals surface area contributed by atoms with Crippen molar-refractivity contribution in [3.63, 3.8) is 0 Å². The summed E-state index contributed by atoms with van der Waals surface area (Å²) in [6.45, 7) is 0. The number of ether oxygens (including phenoxy) is 1. The average Bonchev–Trinajstić information content (AvgIpc) is 2.68. The van der Waals surface area contributed by atoms with Gasteiger partial charge in [0.15, 0.2) is 0 Å². The molecule has 0 saturated carbocycles. The number of hydrogen-bond acceptors (Lipinski definition) is 4. The van der Waals surface area contributed by atoms with Crippen LogP contribution in [0.4, 0.5) is 5.69 Å². The van der Waals surface area contributed by atoms with Crippen molar-refractivity contribution >= 4 is 16.7 Å². The highest BCUT2D eigenvalue weighted by molar-refractivity contribution is 6.01. The Bertz CT molecular complexity index is 1130. The van der Waals surface area contributed by atoms with Crippen LogP contribution in [0, 0.1) is 0 Å². The average molecular weight is 343 g/mol. The Hall–Kier alpha value is -3.53. The minimum absolute atomic E-state index is 0.385. The smallest absolute Gasteiger partial charge is 0.344 e. The Kier molecular flexibility index (Phi) is 3.93. The molecule has 0 saturated heterocycles. The summed E-state index contributed by atoms with van der Waals surface area (Å²) in [5.74, 6) is 0.636. The van der Waals surface area contributed by atoms with Crippen LogP contribution in [-0.2, 0) is 0 Å². The molecule has 0 aliphatic rings. The summed E-state index contributed by atoms with van der Waals surface area (Å²) < 4.78 is 10.9. The van der Waals surface area contributed by atoms with E-state index in [1.807, 2.05) is 66.7 Å². The molecule has 0 aliphatic heterocycles. The summed E-state index contributed by atoms with van der Waals surface area (Å²) in [6.07, 6.45) is 0. The predicted molar refractivity (Wildman–Crippen MR) is 104 cm³/mol. The Morgan fingerprint density at radius 2 is 1.54 bits per heavy atom. The van der Waals surface area contributed by atoms with Gasteiger partial charge in [0.25, 0.3) is 0 Å². The first-order valence-corrected chi connectivity index (χ1v) is 8.23. The zero-order chi connectivity index (χ0) is 18.1. The number of benzene rings is 3. The lowest BCUT2D eigenvalue weighted by Crippen LogP contribution is -2.06. The van der Waals surface area contributed by atoms with Gasteiger partial charge < -0.3 is 14.9 Å². The second-order valence-corrected chi connectivity index (χ2v) is 5.99. The normalized spacial score (nSPS) is 10.8. The van der Waals surface area contributed by atoms with Crippen molar-refractivity contribution in [2.75, 3.05) is 12.8 Å². The van der Waals surface area contributed by atoms with E-state index in [2.05, 4.69) is 0 Å². The summed E-state index contributed by atoms with van der Waals surface area (Å²) in [4.78, 5) is 12.9. The maximum atomic E-state index is 12.9. The molecule has 2 N–H and O–H groups in total. The molecular weight excluding hydrogens is 326 g/mol. The zero-order valence-electron chi connectivity index (χ0n) is 14.2. The molecule has 0 bridgehead atoms. The van der Waals surface area contributed by atoms with Crippen LogP contribution in [0.15, 0.2) is 82.0 Å². The molecule has 0 amide bonds. The Balaban J connectivity index is 2.13. The van der Waals surface area contributed by atoms with Gasteiger partial charge in [-0.25, -0.2) is 4.79 Å². The van der Waals surface area contributed by atoms with Gasteiger partial charge in [-0.05, 0) is 35.4 Å². The number of nitrogens with two attached hydrogens (primary N) is 1. The van der Waals surface area contributed by atoms with Gasteiger partial charge in [-0.1, -0.05) is 42.5 Å². The molecular formula is C22H17NO3. The van der Waals surface area contributed by atoms with Crippen LogP contribution in [0.25, 0.3) is 33.2 Å². The first-order chi connectivity index (χ1) is 12.7. The number of fused-ring (bicyclic) bond motifs is 1. The van der Waals surface area contributed by atoms with Crippen LogP contribution in [0.5, 0.6) is 5.75 Å². The van der Waals surface area contributed by atoms with Crippen molar-refractivity contribution in [3.8, 4) is 28.0 Å². The third kappa shape index (κ3) is 2.71. The molecule has 0 atom stereocenters. The fourth-order valence-electron chi connectivity index (χ4n) is 3.12. The molecule has 0 fully saturated rings. The molecule has 4 rings (SSSR count). The van der Waals surface area contributed by atoms with E-state index in [4.69, 9.17) is 14.9 Å². The van der Waals surface area contributed by atoms with Crippen molar-refractivity contribution in [1.29, 1.82) is 0 Å². The fourth-order valence-corrected chi connectivity index (χ4v) is 3.12. The lowest BCUT2D eigenvalue weighted by Gasteiger charge is -2.13. The summed E-state index contributed by atoms with van der Waals surface area (Å²) in [5, 5.41) is 0.842. The van der Waals surface area contributed by atoms with Crippen LogP contribution in [-0.4, -0.2) is 7.11 Å². The standard InChI is InChI=1S/C22H17NO3/c1-25-17-11-12-18-19(13-17)26-22(24)21(14-5-3-2-4-6-14)20(18)15-7-9-16(23)10-8-15/h2-13H,23H2,1H3. The molecule has 0 spiro atoms. The van der Waals surface area contributed by atoms with Gasteiger partial charge in [0.2, 0.25) is 0 Å². The number of nitrogen functional groups attached to an aromatic ring is 1.